The Hall–Kier alpha value is -2.52. The highest BCUT2D eigenvalue weighted by Crippen LogP contribution is 2.30. The van der Waals surface area contributed by atoms with Crippen molar-refractivity contribution in [2.24, 2.45) is 0 Å². The van der Waals surface area contributed by atoms with Crippen LogP contribution in [0, 0.1) is 0 Å². The van der Waals surface area contributed by atoms with Crippen molar-refractivity contribution in [2.75, 3.05) is 11.4 Å². The molecule has 9 heteroatoms. The molecule has 0 aliphatic carbocycles. The van der Waals surface area contributed by atoms with Crippen molar-refractivity contribution in [1.29, 1.82) is 0 Å². The van der Waals surface area contributed by atoms with Gasteiger partial charge in [0, 0.05) is 16.0 Å². The number of hydrogen-bond donors (Lipinski definition) is 0. The molecule has 0 aromatic heterocycles. The van der Waals surface area contributed by atoms with E-state index in [4.69, 9.17) is 11.6 Å². The molecular formula is C24H20BrClN2O4S. The van der Waals surface area contributed by atoms with E-state index < -0.39 is 27.9 Å². The van der Waals surface area contributed by atoms with Crippen LogP contribution in [0.25, 0.3) is 0 Å². The van der Waals surface area contributed by atoms with Crippen LogP contribution in [0.2, 0.25) is 5.02 Å². The highest BCUT2D eigenvalue weighted by molar-refractivity contribution is 9.10. The number of carbonyl (C=O) groups is 2. The highest BCUT2D eigenvalue weighted by Gasteiger charge is 2.46. The molecule has 6 nitrogen and oxygen atoms in total. The fraction of sp³-hybridized carbons (Fsp3) is 0.167. The SMILES string of the molecule is O=C1CC(N(CCc2cccc(Cl)c2)S(=O)(=O)c2ccccc2)C(=O)N1c1ccc(Br)cc1. The molecule has 1 aliphatic heterocycles. The molecule has 1 unspecified atom stereocenters. The summed E-state index contributed by atoms with van der Waals surface area (Å²) in [4.78, 5) is 27.3. The largest absolute Gasteiger partial charge is 0.274 e. The van der Waals surface area contributed by atoms with Gasteiger partial charge in [-0.2, -0.15) is 4.31 Å². The second-order valence-corrected chi connectivity index (χ2v) is 10.8. The Bertz CT molecular complexity index is 1280. The molecule has 0 radical (unpaired) electrons. The summed E-state index contributed by atoms with van der Waals surface area (Å²) < 4.78 is 29.1. The number of amides is 2. The average molecular weight is 548 g/mol. The fourth-order valence-corrected chi connectivity index (χ4v) is 5.89. The van der Waals surface area contributed by atoms with Gasteiger partial charge in [-0.15, -0.1) is 0 Å². The molecule has 0 spiro atoms. The zero-order chi connectivity index (χ0) is 23.6. The van der Waals surface area contributed by atoms with Gasteiger partial charge in [0.2, 0.25) is 15.9 Å². The standard InChI is InChI=1S/C24H20BrClN2O4S/c25-18-9-11-20(12-10-18)28-23(29)16-22(24(28)30)27(14-13-17-5-4-6-19(26)15-17)33(31,32)21-7-2-1-3-8-21/h1-12,15,22H,13-14,16H2. The number of sulfonamides is 1. The molecular weight excluding hydrogens is 528 g/mol. The third-order valence-corrected chi connectivity index (χ3v) is 8.10. The van der Waals surface area contributed by atoms with Crippen LogP contribution >= 0.6 is 27.5 Å². The minimum atomic E-state index is -4.04. The highest BCUT2D eigenvalue weighted by atomic mass is 79.9. The molecule has 1 heterocycles. The molecule has 1 aliphatic rings. The van der Waals surface area contributed by atoms with Crippen LogP contribution in [0.1, 0.15) is 12.0 Å². The number of hydrogen-bond acceptors (Lipinski definition) is 4. The van der Waals surface area contributed by atoms with Crippen molar-refractivity contribution in [3.8, 4) is 0 Å². The van der Waals surface area contributed by atoms with Gasteiger partial charge in [-0.05, 0) is 60.5 Å². The van der Waals surface area contributed by atoms with Gasteiger partial charge in [-0.25, -0.2) is 13.3 Å². The number of rotatable bonds is 7. The summed E-state index contributed by atoms with van der Waals surface area (Å²) >= 11 is 9.41. The minimum Gasteiger partial charge on any atom is -0.274 e. The summed E-state index contributed by atoms with van der Waals surface area (Å²) in [6.45, 7) is 0.0232. The van der Waals surface area contributed by atoms with Crippen LogP contribution in [0.3, 0.4) is 0 Å². The summed E-state index contributed by atoms with van der Waals surface area (Å²) in [5.41, 5.74) is 1.24. The van der Waals surface area contributed by atoms with Crippen LogP contribution in [-0.2, 0) is 26.0 Å². The molecule has 33 heavy (non-hydrogen) atoms. The van der Waals surface area contributed by atoms with E-state index in [2.05, 4.69) is 15.9 Å². The lowest BCUT2D eigenvalue weighted by molar-refractivity contribution is -0.122. The number of benzene rings is 3. The summed E-state index contributed by atoms with van der Waals surface area (Å²) in [7, 11) is -4.04. The van der Waals surface area contributed by atoms with E-state index in [1.165, 1.54) is 12.1 Å². The van der Waals surface area contributed by atoms with Crippen LogP contribution < -0.4 is 4.90 Å². The molecule has 0 saturated carbocycles. The van der Waals surface area contributed by atoms with Crippen molar-refractivity contribution in [1.82, 2.24) is 4.31 Å². The van der Waals surface area contributed by atoms with E-state index in [0.717, 1.165) is 19.2 Å². The van der Waals surface area contributed by atoms with Crippen LogP contribution in [0.4, 0.5) is 5.69 Å². The zero-order valence-electron chi connectivity index (χ0n) is 17.4. The Labute approximate surface area is 206 Å². The van der Waals surface area contributed by atoms with Crippen molar-refractivity contribution in [3.63, 3.8) is 0 Å². The molecule has 1 saturated heterocycles. The molecule has 2 amide bonds. The Morgan fingerprint density at radius 2 is 1.67 bits per heavy atom. The maximum absolute atomic E-state index is 13.6. The summed E-state index contributed by atoms with van der Waals surface area (Å²) in [5, 5.41) is 0.540. The average Bonchev–Trinajstić information content (AvgIpc) is 3.09. The predicted molar refractivity (Wildman–Crippen MR) is 131 cm³/mol. The van der Waals surface area contributed by atoms with E-state index in [1.54, 1.807) is 60.7 Å². The number of halogens is 2. The van der Waals surface area contributed by atoms with Gasteiger partial charge >= 0.3 is 0 Å². The van der Waals surface area contributed by atoms with E-state index in [9.17, 15) is 18.0 Å². The molecule has 4 rings (SSSR count). The first-order valence-corrected chi connectivity index (χ1v) is 12.8. The number of imide groups is 1. The first-order chi connectivity index (χ1) is 15.8. The number of anilines is 1. The first kappa shape index (κ1) is 23.6. The maximum Gasteiger partial charge on any atom is 0.252 e. The Morgan fingerprint density at radius 3 is 2.33 bits per heavy atom. The smallest absolute Gasteiger partial charge is 0.252 e. The van der Waals surface area contributed by atoms with Gasteiger partial charge in [-0.3, -0.25) is 9.59 Å². The third kappa shape index (κ3) is 5.04. The van der Waals surface area contributed by atoms with E-state index in [1.807, 2.05) is 6.07 Å². The topological polar surface area (TPSA) is 74.8 Å². The Balaban J connectivity index is 1.68. The second kappa shape index (κ2) is 9.77. The molecule has 0 bridgehead atoms. The molecule has 1 atom stereocenters. The van der Waals surface area contributed by atoms with Gasteiger partial charge < -0.3 is 0 Å². The lowest BCUT2D eigenvalue weighted by Gasteiger charge is -2.27. The molecule has 0 N–H and O–H groups in total. The second-order valence-electron chi connectivity index (χ2n) is 7.57. The third-order valence-electron chi connectivity index (χ3n) is 5.41. The van der Waals surface area contributed by atoms with Gasteiger partial charge in [-0.1, -0.05) is 57.9 Å². The lowest BCUT2D eigenvalue weighted by Crippen LogP contribution is -2.46. The molecule has 170 valence electrons. The van der Waals surface area contributed by atoms with Gasteiger partial charge in [0.25, 0.3) is 5.91 Å². The van der Waals surface area contributed by atoms with Gasteiger partial charge in [0.15, 0.2) is 0 Å². The van der Waals surface area contributed by atoms with Crippen LogP contribution in [0.5, 0.6) is 0 Å². The summed E-state index contributed by atoms with van der Waals surface area (Å²) in [6, 6.07) is 20.6. The fourth-order valence-electron chi connectivity index (χ4n) is 3.81. The Morgan fingerprint density at radius 1 is 0.970 bits per heavy atom. The van der Waals surface area contributed by atoms with Gasteiger partial charge in [0.1, 0.15) is 6.04 Å². The van der Waals surface area contributed by atoms with Crippen molar-refractivity contribution < 1.29 is 18.0 Å². The van der Waals surface area contributed by atoms with E-state index in [0.29, 0.717) is 17.1 Å². The van der Waals surface area contributed by atoms with Crippen LogP contribution in [0.15, 0.2) is 88.2 Å². The zero-order valence-corrected chi connectivity index (χ0v) is 20.6. The predicted octanol–water partition coefficient (Wildman–Crippen LogP) is 4.67. The minimum absolute atomic E-state index is 0.0232. The Kier molecular flexibility index (Phi) is 6.99. The number of nitrogens with zero attached hydrogens (tertiary/aromatic N) is 2. The normalized spacial score (nSPS) is 16.6. The first-order valence-electron chi connectivity index (χ1n) is 10.2. The lowest BCUT2D eigenvalue weighted by atomic mass is 10.1. The monoisotopic (exact) mass is 546 g/mol. The molecule has 3 aromatic carbocycles. The molecule has 1 fully saturated rings. The van der Waals surface area contributed by atoms with Crippen LogP contribution in [-0.4, -0.2) is 37.1 Å². The van der Waals surface area contributed by atoms with Crippen molar-refractivity contribution >= 4 is 55.1 Å². The van der Waals surface area contributed by atoms with Crippen molar-refractivity contribution in [3.05, 3.63) is 93.9 Å². The van der Waals surface area contributed by atoms with Crippen molar-refractivity contribution in [2.45, 2.75) is 23.8 Å². The maximum atomic E-state index is 13.6. The molecule has 3 aromatic rings. The number of carbonyl (C=O) groups excluding carboxylic acids is 2. The van der Waals surface area contributed by atoms with E-state index >= 15 is 0 Å². The quantitative estimate of drug-likeness (QED) is 0.403. The van der Waals surface area contributed by atoms with E-state index in [-0.39, 0.29) is 17.9 Å². The summed E-state index contributed by atoms with van der Waals surface area (Å²) in [6.07, 6.45) is 0.111. The summed E-state index contributed by atoms with van der Waals surface area (Å²) in [5.74, 6) is -1.00. The van der Waals surface area contributed by atoms with Gasteiger partial charge in [0.05, 0.1) is 17.0 Å².